The van der Waals surface area contributed by atoms with Crippen molar-refractivity contribution in [3.05, 3.63) is 70.3 Å². The van der Waals surface area contributed by atoms with Crippen LogP contribution in [0.4, 0.5) is 5.82 Å². The number of hydrogen-bond acceptors (Lipinski definition) is 5. The van der Waals surface area contributed by atoms with Crippen LogP contribution in [-0.4, -0.2) is 49.1 Å². The highest BCUT2D eigenvalue weighted by atomic mass is 32.2. The van der Waals surface area contributed by atoms with E-state index in [0.717, 1.165) is 33.8 Å². The van der Waals surface area contributed by atoms with E-state index in [1.165, 1.54) is 11.1 Å². The molecule has 7 heteroatoms. The average molecular weight is 451 g/mol. The van der Waals surface area contributed by atoms with Crippen LogP contribution in [0, 0.1) is 34.6 Å². The summed E-state index contributed by atoms with van der Waals surface area (Å²) in [6.45, 7) is 11.9. The van der Waals surface area contributed by atoms with E-state index in [9.17, 15) is 8.42 Å². The number of aryl methyl sites for hydroxylation is 5. The van der Waals surface area contributed by atoms with Crippen LogP contribution in [0.3, 0.4) is 0 Å². The van der Waals surface area contributed by atoms with E-state index in [4.69, 9.17) is 0 Å². The highest BCUT2D eigenvalue weighted by Crippen LogP contribution is 2.27. The van der Waals surface area contributed by atoms with Gasteiger partial charge in [-0.05, 0) is 75.1 Å². The number of aromatic nitrogens is 2. The van der Waals surface area contributed by atoms with E-state index >= 15 is 0 Å². The highest BCUT2D eigenvalue weighted by molar-refractivity contribution is 7.89. The monoisotopic (exact) mass is 450 g/mol. The molecule has 2 heterocycles. The van der Waals surface area contributed by atoms with E-state index in [0.29, 0.717) is 31.1 Å². The number of benzene rings is 2. The second kappa shape index (κ2) is 8.64. The number of sulfonamides is 1. The molecule has 168 valence electrons. The molecular weight excluding hydrogens is 420 g/mol. The van der Waals surface area contributed by atoms with Gasteiger partial charge in [0.25, 0.3) is 0 Å². The lowest BCUT2D eigenvalue weighted by Gasteiger charge is -2.35. The van der Waals surface area contributed by atoms with Crippen LogP contribution in [0.5, 0.6) is 0 Å². The third-order valence-electron chi connectivity index (χ3n) is 6.22. The maximum Gasteiger partial charge on any atom is 0.243 e. The van der Waals surface area contributed by atoms with Crippen LogP contribution in [0.25, 0.3) is 11.3 Å². The van der Waals surface area contributed by atoms with Crippen LogP contribution in [0.2, 0.25) is 0 Å². The summed E-state index contributed by atoms with van der Waals surface area (Å²) in [6, 6.07) is 14.1. The summed E-state index contributed by atoms with van der Waals surface area (Å²) in [5, 5.41) is 8.84. The zero-order valence-electron chi connectivity index (χ0n) is 19.4. The van der Waals surface area contributed by atoms with Crippen molar-refractivity contribution in [3.8, 4) is 11.3 Å². The van der Waals surface area contributed by atoms with Crippen molar-refractivity contribution >= 4 is 15.8 Å². The van der Waals surface area contributed by atoms with E-state index in [1.807, 2.05) is 45.0 Å². The van der Waals surface area contributed by atoms with Gasteiger partial charge in [-0.25, -0.2) is 8.42 Å². The first kappa shape index (κ1) is 22.4. The van der Waals surface area contributed by atoms with Crippen molar-refractivity contribution in [2.45, 2.75) is 39.5 Å². The zero-order valence-corrected chi connectivity index (χ0v) is 20.2. The van der Waals surface area contributed by atoms with E-state index < -0.39 is 10.0 Å². The molecule has 0 atom stereocenters. The number of piperazine rings is 1. The molecule has 32 heavy (non-hydrogen) atoms. The van der Waals surface area contributed by atoms with Gasteiger partial charge in [0.05, 0.1) is 10.6 Å². The molecule has 4 rings (SSSR count). The Hall–Kier alpha value is -2.77. The van der Waals surface area contributed by atoms with Gasteiger partial charge in [-0.15, -0.1) is 10.2 Å². The Morgan fingerprint density at radius 2 is 1.38 bits per heavy atom. The third-order valence-corrected chi connectivity index (χ3v) is 8.42. The Labute approximate surface area is 191 Å². The first-order valence-electron chi connectivity index (χ1n) is 10.9. The van der Waals surface area contributed by atoms with Crippen molar-refractivity contribution < 1.29 is 8.42 Å². The molecule has 0 spiro atoms. The quantitative estimate of drug-likeness (QED) is 0.596. The molecule has 0 aliphatic carbocycles. The number of nitrogens with zero attached hydrogens (tertiary/aromatic N) is 4. The van der Waals surface area contributed by atoms with Crippen molar-refractivity contribution in [2.24, 2.45) is 0 Å². The molecule has 1 aromatic heterocycles. The van der Waals surface area contributed by atoms with Crippen molar-refractivity contribution in [3.63, 3.8) is 0 Å². The van der Waals surface area contributed by atoms with Gasteiger partial charge >= 0.3 is 0 Å². The Morgan fingerprint density at radius 1 is 0.719 bits per heavy atom. The molecule has 1 fully saturated rings. The number of hydrogen-bond donors (Lipinski definition) is 0. The summed E-state index contributed by atoms with van der Waals surface area (Å²) in [7, 11) is -3.53. The summed E-state index contributed by atoms with van der Waals surface area (Å²) >= 11 is 0. The predicted molar refractivity (Wildman–Crippen MR) is 129 cm³/mol. The smallest absolute Gasteiger partial charge is 0.243 e. The van der Waals surface area contributed by atoms with Gasteiger partial charge in [0.2, 0.25) is 10.0 Å². The Balaban J connectivity index is 1.47. The zero-order chi connectivity index (χ0) is 23.0. The molecule has 6 nitrogen and oxygen atoms in total. The number of rotatable bonds is 4. The van der Waals surface area contributed by atoms with Crippen LogP contribution in [0.1, 0.15) is 27.8 Å². The maximum absolute atomic E-state index is 13.3. The van der Waals surface area contributed by atoms with Crippen molar-refractivity contribution in [1.29, 1.82) is 0 Å². The lowest BCUT2D eigenvalue weighted by molar-refractivity contribution is 0.383. The topological polar surface area (TPSA) is 66.4 Å². The molecule has 0 saturated carbocycles. The fraction of sp³-hybridized carbons (Fsp3) is 0.360. The van der Waals surface area contributed by atoms with Gasteiger partial charge in [0.15, 0.2) is 5.82 Å². The summed E-state index contributed by atoms with van der Waals surface area (Å²) < 4.78 is 28.2. The van der Waals surface area contributed by atoms with Gasteiger partial charge in [-0.3, -0.25) is 0 Å². The first-order chi connectivity index (χ1) is 15.2. The average Bonchev–Trinajstić information content (AvgIpc) is 2.75. The van der Waals surface area contributed by atoms with Crippen molar-refractivity contribution in [1.82, 2.24) is 14.5 Å². The van der Waals surface area contributed by atoms with Crippen LogP contribution < -0.4 is 4.90 Å². The minimum atomic E-state index is -3.53. The Kier molecular flexibility index (Phi) is 6.05. The van der Waals surface area contributed by atoms with E-state index in [1.54, 1.807) is 4.31 Å². The Morgan fingerprint density at radius 3 is 1.94 bits per heavy atom. The molecule has 0 radical (unpaired) electrons. The van der Waals surface area contributed by atoms with Gasteiger partial charge < -0.3 is 4.90 Å². The molecular formula is C25H30N4O2S. The van der Waals surface area contributed by atoms with Gasteiger partial charge in [-0.2, -0.15) is 4.31 Å². The Bertz CT molecular complexity index is 1220. The van der Waals surface area contributed by atoms with Crippen LogP contribution >= 0.6 is 0 Å². The molecule has 2 aromatic carbocycles. The van der Waals surface area contributed by atoms with Crippen LogP contribution in [0.15, 0.2) is 47.4 Å². The van der Waals surface area contributed by atoms with Gasteiger partial charge in [0.1, 0.15) is 0 Å². The molecule has 1 saturated heterocycles. The minimum absolute atomic E-state index is 0.426. The second-order valence-corrected chi connectivity index (χ2v) is 10.6. The normalized spacial score (nSPS) is 15.2. The summed E-state index contributed by atoms with van der Waals surface area (Å²) in [4.78, 5) is 2.53. The lowest BCUT2D eigenvalue weighted by Crippen LogP contribution is -2.49. The highest BCUT2D eigenvalue weighted by Gasteiger charge is 2.31. The number of anilines is 1. The van der Waals surface area contributed by atoms with E-state index in [-0.39, 0.29) is 0 Å². The third kappa shape index (κ3) is 4.27. The van der Waals surface area contributed by atoms with Crippen LogP contribution in [-0.2, 0) is 10.0 Å². The summed E-state index contributed by atoms with van der Waals surface area (Å²) in [6.07, 6.45) is 0. The van der Waals surface area contributed by atoms with Gasteiger partial charge in [-0.1, -0.05) is 29.8 Å². The molecule has 1 aliphatic rings. The largest absolute Gasteiger partial charge is 0.352 e. The molecule has 3 aromatic rings. The molecule has 0 N–H and O–H groups in total. The van der Waals surface area contributed by atoms with Crippen molar-refractivity contribution in [2.75, 3.05) is 31.1 Å². The molecule has 0 unspecified atom stereocenters. The lowest BCUT2D eigenvalue weighted by atomic mass is 10.0. The molecule has 0 amide bonds. The minimum Gasteiger partial charge on any atom is -0.352 e. The fourth-order valence-corrected chi connectivity index (χ4v) is 6.24. The fourth-order valence-electron chi connectivity index (χ4n) is 4.41. The molecule has 0 bridgehead atoms. The molecule has 1 aliphatic heterocycles. The first-order valence-corrected chi connectivity index (χ1v) is 12.3. The maximum atomic E-state index is 13.3. The standard InChI is InChI=1S/C25H30N4O2S/c1-17-14-20(4)25(21(5)15-17)32(30,31)29-12-10-28(11-13-29)24-9-8-23(26-27-24)22-7-6-18(2)19(3)16-22/h6-9,14-16H,10-13H2,1-5H3. The van der Waals surface area contributed by atoms with E-state index in [2.05, 4.69) is 47.1 Å². The summed E-state index contributed by atoms with van der Waals surface area (Å²) in [5.41, 5.74) is 7.05. The summed E-state index contributed by atoms with van der Waals surface area (Å²) in [5.74, 6) is 0.775. The predicted octanol–water partition coefficient (Wildman–Crippen LogP) is 4.20. The van der Waals surface area contributed by atoms with Gasteiger partial charge in [0, 0.05) is 31.7 Å². The SMILES string of the molecule is Cc1cc(C)c(S(=O)(=O)N2CCN(c3ccc(-c4ccc(C)c(C)c4)nn3)CC2)c(C)c1. The second-order valence-electron chi connectivity index (χ2n) is 8.69.